The summed E-state index contributed by atoms with van der Waals surface area (Å²) in [6.45, 7) is 2.37. The minimum atomic E-state index is 0.192. The van der Waals surface area contributed by atoms with Crippen LogP contribution in [0.4, 0.5) is 0 Å². The lowest BCUT2D eigenvalue weighted by atomic mass is 9.97. The van der Waals surface area contributed by atoms with E-state index in [1.807, 2.05) is 12.1 Å². The first-order chi connectivity index (χ1) is 30.2. The average molecular weight is 781 g/mol. The molecule has 2 aliphatic rings. The molecular formula is C57H36N2O2. The summed E-state index contributed by atoms with van der Waals surface area (Å²) in [5, 5.41) is 12.1. The number of hydrogen-bond donors (Lipinski definition) is 0. The number of aromatic nitrogens is 1. The fraction of sp³-hybridized carbons (Fsp3) is 0.0526. The summed E-state index contributed by atoms with van der Waals surface area (Å²) in [6, 6.07) is 68.9. The van der Waals surface area contributed by atoms with E-state index in [0.717, 1.165) is 55.0 Å². The van der Waals surface area contributed by atoms with Crippen molar-refractivity contribution in [2.24, 2.45) is 0 Å². The molecule has 0 bridgehead atoms. The van der Waals surface area contributed by atoms with Crippen LogP contribution in [0.3, 0.4) is 0 Å². The van der Waals surface area contributed by atoms with Gasteiger partial charge in [0.25, 0.3) is 0 Å². The molecule has 2 unspecified atom stereocenters. The Morgan fingerprint density at radius 2 is 1.03 bits per heavy atom. The van der Waals surface area contributed by atoms with Crippen LogP contribution < -0.4 is 10.4 Å². The van der Waals surface area contributed by atoms with Gasteiger partial charge in [-0.3, -0.25) is 0 Å². The lowest BCUT2D eigenvalue weighted by molar-refractivity contribution is 0.667. The second kappa shape index (κ2) is 12.1. The van der Waals surface area contributed by atoms with Crippen molar-refractivity contribution < 1.29 is 8.83 Å². The minimum absolute atomic E-state index is 0.192. The molecule has 1 fully saturated rings. The number of benzene rings is 9. The van der Waals surface area contributed by atoms with Crippen LogP contribution >= 0.6 is 0 Å². The zero-order valence-corrected chi connectivity index (χ0v) is 33.3. The topological polar surface area (TPSA) is 34.2 Å². The van der Waals surface area contributed by atoms with Crippen molar-refractivity contribution in [1.82, 2.24) is 9.47 Å². The van der Waals surface area contributed by atoms with E-state index < -0.39 is 0 Å². The van der Waals surface area contributed by atoms with Crippen molar-refractivity contribution in [2.45, 2.75) is 19.0 Å². The smallest absolute Gasteiger partial charge is 0.143 e. The predicted molar refractivity (Wildman–Crippen MR) is 251 cm³/mol. The summed E-state index contributed by atoms with van der Waals surface area (Å²) in [7, 11) is 0. The van der Waals surface area contributed by atoms with Crippen LogP contribution in [0.25, 0.3) is 110 Å². The third-order valence-electron chi connectivity index (χ3n) is 13.5. The van der Waals surface area contributed by atoms with E-state index in [-0.39, 0.29) is 6.04 Å². The molecule has 2 atom stereocenters. The summed E-state index contributed by atoms with van der Waals surface area (Å²) in [5.74, 6) is 0. The van der Waals surface area contributed by atoms with Gasteiger partial charge in [0.05, 0.1) is 34.5 Å². The molecule has 286 valence electrons. The van der Waals surface area contributed by atoms with Crippen molar-refractivity contribution in [2.75, 3.05) is 0 Å². The first-order valence-electron chi connectivity index (χ1n) is 21.2. The van der Waals surface area contributed by atoms with Gasteiger partial charge < -0.3 is 18.3 Å². The number of para-hydroxylation sites is 3. The summed E-state index contributed by atoms with van der Waals surface area (Å²) in [6.07, 6.45) is 0. The van der Waals surface area contributed by atoms with E-state index in [2.05, 4.69) is 192 Å². The van der Waals surface area contributed by atoms with Crippen LogP contribution in [0.2, 0.25) is 0 Å². The molecule has 12 aromatic rings. The van der Waals surface area contributed by atoms with Gasteiger partial charge in [0.2, 0.25) is 0 Å². The van der Waals surface area contributed by atoms with Crippen LogP contribution in [0.1, 0.15) is 12.5 Å². The van der Waals surface area contributed by atoms with Gasteiger partial charge in [0.1, 0.15) is 22.3 Å². The van der Waals surface area contributed by atoms with Gasteiger partial charge in [-0.25, -0.2) is 0 Å². The molecule has 0 N–H and O–H groups in total. The van der Waals surface area contributed by atoms with Gasteiger partial charge >= 0.3 is 0 Å². The molecule has 0 spiro atoms. The Kier molecular flexibility index (Phi) is 6.57. The van der Waals surface area contributed by atoms with Gasteiger partial charge in [-0.2, -0.15) is 0 Å². The van der Waals surface area contributed by atoms with Crippen LogP contribution in [0.5, 0.6) is 0 Å². The normalized spacial score (nSPS) is 16.2. The standard InChI is InChI=1S/C57H36N2O2/c1-33-54-56(46-19-5-4-18-45(46)55(58(33)54)39-25-27-44-42-16-6-8-22-51(42)60-53(44)32-39)59-49-31-37(24-26-41(49)48-29-35-12-2-3-13-36(35)30-50(48)59)34-14-10-15-38(28-34)40-20-11-21-47-43-17-7-9-23-52(43)61-57(40)47/h2-33,54H,1H3. The fourth-order valence-electron chi connectivity index (χ4n) is 10.7. The number of rotatable bonds is 4. The highest BCUT2D eigenvalue weighted by Crippen LogP contribution is 2.47. The Labute approximate surface area is 350 Å². The third-order valence-corrected chi connectivity index (χ3v) is 13.5. The molecule has 9 aromatic carbocycles. The summed E-state index contributed by atoms with van der Waals surface area (Å²) in [4.78, 5) is 2.62. The maximum absolute atomic E-state index is 6.49. The van der Waals surface area contributed by atoms with E-state index in [1.165, 1.54) is 71.1 Å². The Balaban J connectivity index is 1.02. The van der Waals surface area contributed by atoms with Crippen LogP contribution in [0.15, 0.2) is 197 Å². The first kappa shape index (κ1) is 33.1. The zero-order chi connectivity index (χ0) is 39.9. The summed E-state index contributed by atoms with van der Waals surface area (Å²) in [5.41, 5.74) is 14.5. The number of fused-ring (bicyclic) bond motifs is 12. The van der Waals surface area contributed by atoms with E-state index in [9.17, 15) is 0 Å². The molecule has 4 nitrogen and oxygen atoms in total. The van der Waals surface area contributed by atoms with Crippen molar-refractivity contribution in [3.05, 3.63) is 204 Å². The van der Waals surface area contributed by atoms with E-state index in [1.54, 1.807) is 0 Å². The van der Waals surface area contributed by atoms with Crippen LogP contribution in [0, 0.1) is 0 Å². The second-order valence-electron chi connectivity index (χ2n) is 16.8. The van der Waals surface area contributed by atoms with Crippen molar-refractivity contribution in [3.63, 3.8) is 0 Å². The molecule has 1 saturated heterocycles. The van der Waals surface area contributed by atoms with Crippen LogP contribution in [-0.4, -0.2) is 21.6 Å². The van der Waals surface area contributed by atoms with Crippen LogP contribution in [-0.2, 0) is 0 Å². The highest BCUT2D eigenvalue weighted by atomic mass is 16.3. The lowest BCUT2D eigenvalue weighted by Crippen LogP contribution is -2.38. The quantitative estimate of drug-likeness (QED) is 0.167. The molecular weight excluding hydrogens is 745 g/mol. The number of nitrogens with zero attached hydrogens (tertiary/aromatic N) is 2. The Bertz CT molecular complexity index is 3990. The highest BCUT2D eigenvalue weighted by Gasteiger charge is 2.51. The zero-order valence-electron chi connectivity index (χ0n) is 33.3. The molecule has 0 amide bonds. The Morgan fingerprint density at radius 1 is 0.410 bits per heavy atom. The van der Waals surface area contributed by atoms with E-state index in [0.29, 0.717) is 6.04 Å². The molecule has 61 heavy (non-hydrogen) atoms. The monoisotopic (exact) mass is 780 g/mol. The van der Waals surface area contributed by atoms with Gasteiger partial charge in [-0.1, -0.05) is 140 Å². The van der Waals surface area contributed by atoms with Gasteiger partial charge in [-0.05, 0) is 82.9 Å². The predicted octanol–water partition coefficient (Wildman–Crippen LogP) is 13.0. The Hall–Kier alpha value is -7.82. The maximum atomic E-state index is 6.49. The first-order valence-corrected chi connectivity index (χ1v) is 21.2. The molecule has 0 saturated carbocycles. The largest absolute Gasteiger partial charge is 0.456 e. The SMILES string of the molecule is CC1C2C(n3c4cc(-c5cccc(-c6cccc7c6oc6ccccc67)c5)ccc4c4cc5ccccc5cc43)=c3ccccc3=C(c3ccc4c(c3)oc3ccccc34)N12. The molecule has 14 rings (SSSR count). The third kappa shape index (κ3) is 4.65. The van der Waals surface area contributed by atoms with Crippen molar-refractivity contribution >= 4 is 87.8 Å². The van der Waals surface area contributed by atoms with E-state index >= 15 is 0 Å². The fourth-order valence-corrected chi connectivity index (χ4v) is 10.7. The summed E-state index contributed by atoms with van der Waals surface area (Å²) >= 11 is 0. The second-order valence-corrected chi connectivity index (χ2v) is 16.8. The van der Waals surface area contributed by atoms with Gasteiger partial charge in [-0.15, -0.1) is 0 Å². The molecule has 3 aromatic heterocycles. The molecule has 2 aliphatic heterocycles. The van der Waals surface area contributed by atoms with Gasteiger partial charge in [0, 0.05) is 53.9 Å². The highest BCUT2D eigenvalue weighted by molar-refractivity contribution is 6.16. The molecule has 4 heteroatoms. The maximum Gasteiger partial charge on any atom is 0.143 e. The average Bonchev–Trinajstić information content (AvgIpc) is 3.57. The number of furan rings is 2. The van der Waals surface area contributed by atoms with Crippen molar-refractivity contribution in [1.29, 1.82) is 0 Å². The molecule has 0 aliphatic carbocycles. The van der Waals surface area contributed by atoms with E-state index in [4.69, 9.17) is 8.83 Å². The summed E-state index contributed by atoms with van der Waals surface area (Å²) < 4.78 is 15.5. The van der Waals surface area contributed by atoms with Crippen molar-refractivity contribution in [3.8, 4) is 22.3 Å². The Morgan fingerprint density at radius 3 is 1.90 bits per heavy atom. The van der Waals surface area contributed by atoms with Gasteiger partial charge in [0.15, 0.2) is 0 Å². The lowest BCUT2D eigenvalue weighted by Gasteiger charge is -2.21. The number of hydrogen-bond acceptors (Lipinski definition) is 3. The minimum Gasteiger partial charge on any atom is -0.456 e. The molecule has 0 radical (unpaired) electrons. The molecule has 5 heterocycles.